The Bertz CT molecular complexity index is 634. The van der Waals surface area contributed by atoms with Crippen LogP contribution in [0.25, 0.3) is 10.2 Å². The first-order chi connectivity index (χ1) is 10.1. The second-order valence-corrected chi connectivity index (χ2v) is 6.23. The van der Waals surface area contributed by atoms with Crippen LogP contribution in [0.1, 0.15) is 19.3 Å². The number of benzene rings is 1. The van der Waals surface area contributed by atoms with Gasteiger partial charge in [0.05, 0.1) is 10.2 Å². The maximum Gasteiger partial charge on any atom is 0.226 e. The van der Waals surface area contributed by atoms with Crippen molar-refractivity contribution in [3.05, 3.63) is 23.8 Å². The van der Waals surface area contributed by atoms with Gasteiger partial charge in [0.1, 0.15) is 0 Å². The number of nitrogens with zero attached hydrogens (tertiary/aromatic N) is 1. The smallest absolute Gasteiger partial charge is 0.226 e. The zero-order valence-electron chi connectivity index (χ0n) is 11.7. The minimum absolute atomic E-state index is 0. The van der Waals surface area contributed by atoms with E-state index in [-0.39, 0.29) is 18.3 Å². The number of thiazole rings is 1. The van der Waals surface area contributed by atoms with Crippen LogP contribution in [0.5, 0.6) is 0 Å². The molecule has 1 atom stereocenters. The molecule has 1 aromatic carbocycles. The number of rotatable bonds is 4. The van der Waals surface area contributed by atoms with E-state index >= 15 is 0 Å². The van der Waals surface area contributed by atoms with Crippen molar-refractivity contribution >= 4 is 45.0 Å². The lowest BCUT2D eigenvalue weighted by molar-refractivity contribution is -0.116. The molecule has 8 heteroatoms. The number of amides is 1. The second-order valence-electron chi connectivity index (χ2n) is 5.20. The summed E-state index contributed by atoms with van der Waals surface area (Å²) in [5.74, 6) is -1.40. The topological polar surface area (TPSA) is 54.0 Å². The van der Waals surface area contributed by atoms with Crippen molar-refractivity contribution in [1.82, 2.24) is 10.3 Å². The van der Waals surface area contributed by atoms with Gasteiger partial charge in [0.15, 0.2) is 16.8 Å². The number of anilines is 1. The number of carbonyl (C=O) groups is 1. The van der Waals surface area contributed by atoms with Gasteiger partial charge in [-0.3, -0.25) is 4.79 Å². The molecule has 0 spiro atoms. The maximum absolute atomic E-state index is 13.1. The summed E-state index contributed by atoms with van der Waals surface area (Å²) >= 11 is 1.14. The first-order valence-corrected chi connectivity index (χ1v) is 7.69. The van der Waals surface area contributed by atoms with Gasteiger partial charge in [0.25, 0.3) is 0 Å². The van der Waals surface area contributed by atoms with E-state index in [4.69, 9.17) is 0 Å². The van der Waals surface area contributed by atoms with Gasteiger partial charge in [-0.2, -0.15) is 0 Å². The molecule has 2 aromatic rings. The van der Waals surface area contributed by atoms with Gasteiger partial charge in [-0.15, -0.1) is 12.4 Å². The summed E-state index contributed by atoms with van der Waals surface area (Å²) in [5.41, 5.74) is 0.356. The van der Waals surface area contributed by atoms with Crippen LogP contribution in [-0.2, 0) is 4.79 Å². The highest BCUT2D eigenvalue weighted by atomic mass is 35.5. The zero-order chi connectivity index (χ0) is 14.8. The molecule has 22 heavy (non-hydrogen) atoms. The van der Waals surface area contributed by atoms with Crippen molar-refractivity contribution in [2.24, 2.45) is 5.92 Å². The van der Waals surface area contributed by atoms with Crippen LogP contribution in [0.15, 0.2) is 12.1 Å². The summed E-state index contributed by atoms with van der Waals surface area (Å²) in [6.07, 6.45) is 2.38. The molecule has 0 aliphatic carbocycles. The molecule has 1 saturated heterocycles. The van der Waals surface area contributed by atoms with Gasteiger partial charge in [-0.25, -0.2) is 13.8 Å². The quantitative estimate of drug-likeness (QED) is 0.892. The molecule has 4 nitrogen and oxygen atoms in total. The Morgan fingerprint density at radius 3 is 2.91 bits per heavy atom. The van der Waals surface area contributed by atoms with Crippen LogP contribution < -0.4 is 10.6 Å². The predicted octanol–water partition coefficient (Wildman–Crippen LogP) is 3.32. The van der Waals surface area contributed by atoms with E-state index in [1.54, 1.807) is 0 Å². The van der Waals surface area contributed by atoms with Gasteiger partial charge in [-0.1, -0.05) is 11.3 Å². The lowest BCUT2D eigenvalue weighted by atomic mass is 10.0. The van der Waals surface area contributed by atoms with Gasteiger partial charge < -0.3 is 10.6 Å². The first-order valence-electron chi connectivity index (χ1n) is 6.88. The number of aromatic nitrogens is 1. The van der Waals surface area contributed by atoms with Crippen molar-refractivity contribution in [2.45, 2.75) is 19.3 Å². The Kier molecular flexibility index (Phi) is 5.66. The molecule has 2 N–H and O–H groups in total. The van der Waals surface area contributed by atoms with Crippen LogP contribution in [0.3, 0.4) is 0 Å². The van der Waals surface area contributed by atoms with E-state index in [0.29, 0.717) is 27.7 Å². The Labute approximate surface area is 136 Å². The number of hydrogen-bond donors (Lipinski definition) is 2. The third kappa shape index (κ3) is 3.91. The fraction of sp³-hybridized carbons (Fsp3) is 0.429. The summed E-state index contributed by atoms with van der Waals surface area (Å²) < 4.78 is 26.8. The Hall–Kier alpha value is -1.31. The number of carbonyl (C=O) groups excluding carboxylic acids is 1. The van der Waals surface area contributed by atoms with Crippen LogP contribution in [0.2, 0.25) is 0 Å². The molecule has 1 fully saturated rings. The zero-order valence-corrected chi connectivity index (χ0v) is 13.3. The summed E-state index contributed by atoms with van der Waals surface area (Å²) in [6.45, 7) is 1.98. The summed E-state index contributed by atoms with van der Waals surface area (Å²) in [6, 6.07) is 2.14. The first kappa shape index (κ1) is 17.1. The molecular formula is C14H16ClF2N3OS. The molecule has 1 aliphatic rings. The highest BCUT2D eigenvalue weighted by Crippen LogP contribution is 2.28. The molecule has 1 aliphatic heterocycles. The van der Waals surface area contributed by atoms with E-state index in [9.17, 15) is 13.6 Å². The lowest BCUT2D eigenvalue weighted by Crippen LogP contribution is -2.14. The van der Waals surface area contributed by atoms with Crippen LogP contribution >= 0.6 is 23.7 Å². The van der Waals surface area contributed by atoms with Gasteiger partial charge >= 0.3 is 0 Å². The number of hydrogen-bond acceptors (Lipinski definition) is 4. The highest BCUT2D eigenvalue weighted by Gasteiger charge is 2.16. The predicted molar refractivity (Wildman–Crippen MR) is 85.6 cm³/mol. The molecule has 120 valence electrons. The van der Waals surface area contributed by atoms with E-state index in [1.165, 1.54) is 0 Å². The van der Waals surface area contributed by atoms with Crippen LogP contribution in [-0.4, -0.2) is 24.0 Å². The van der Waals surface area contributed by atoms with Crippen LogP contribution in [0, 0.1) is 17.6 Å². The molecule has 3 rings (SSSR count). The Morgan fingerprint density at radius 1 is 1.41 bits per heavy atom. The number of fused-ring (bicyclic) bond motifs is 1. The molecule has 1 aromatic heterocycles. The molecular weight excluding hydrogens is 332 g/mol. The van der Waals surface area contributed by atoms with Crippen molar-refractivity contribution in [1.29, 1.82) is 0 Å². The van der Waals surface area contributed by atoms with Crippen molar-refractivity contribution in [2.75, 3.05) is 18.4 Å². The van der Waals surface area contributed by atoms with Crippen molar-refractivity contribution < 1.29 is 13.6 Å². The largest absolute Gasteiger partial charge is 0.316 e. The van der Waals surface area contributed by atoms with Gasteiger partial charge in [-0.05, 0) is 37.9 Å². The van der Waals surface area contributed by atoms with E-state index in [2.05, 4.69) is 15.6 Å². The van der Waals surface area contributed by atoms with E-state index in [1.807, 2.05) is 0 Å². The summed E-state index contributed by atoms with van der Waals surface area (Å²) in [4.78, 5) is 16.0. The summed E-state index contributed by atoms with van der Waals surface area (Å²) in [7, 11) is 0. The molecule has 2 heterocycles. The minimum atomic E-state index is -0.931. The third-order valence-corrected chi connectivity index (χ3v) is 4.55. The highest BCUT2D eigenvalue weighted by molar-refractivity contribution is 7.22. The Morgan fingerprint density at radius 2 is 2.18 bits per heavy atom. The molecule has 0 radical (unpaired) electrons. The number of halogens is 3. The fourth-order valence-electron chi connectivity index (χ4n) is 2.45. The standard InChI is InChI=1S/C14H15F2N3OS.ClH/c15-9-5-11-12(6-10(9)16)21-14(18-11)19-13(20)2-1-8-3-4-17-7-8;/h5-6,8,17H,1-4,7H2,(H,18,19,20);1H. The second kappa shape index (κ2) is 7.30. The van der Waals surface area contributed by atoms with Crippen molar-refractivity contribution in [3.63, 3.8) is 0 Å². The molecule has 0 saturated carbocycles. The Balaban J connectivity index is 0.00000176. The van der Waals surface area contributed by atoms with Gasteiger partial charge in [0.2, 0.25) is 5.91 Å². The average Bonchev–Trinajstić information content (AvgIpc) is 3.06. The fourth-order valence-corrected chi connectivity index (χ4v) is 3.34. The van der Waals surface area contributed by atoms with E-state index in [0.717, 1.165) is 49.4 Å². The molecule has 0 bridgehead atoms. The minimum Gasteiger partial charge on any atom is -0.316 e. The van der Waals surface area contributed by atoms with Crippen molar-refractivity contribution in [3.8, 4) is 0 Å². The number of nitrogens with one attached hydrogen (secondary N) is 2. The summed E-state index contributed by atoms with van der Waals surface area (Å²) in [5, 5.41) is 6.34. The maximum atomic E-state index is 13.1. The average molecular weight is 348 g/mol. The van der Waals surface area contributed by atoms with Gasteiger partial charge in [0, 0.05) is 12.5 Å². The molecule has 1 amide bonds. The third-order valence-electron chi connectivity index (χ3n) is 3.62. The molecule has 1 unspecified atom stereocenters. The van der Waals surface area contributed by atoms with E-state index < -0.39 is 11.6 Å². The monoisotopic (exact) mass is 347 g/mol. The SMILES string of the molecule is Cl.O=C(CCC1CCNC1)Nc1nc2cc(F)c(F)cc2s1. The normalized spacial score (nSPS) is 17.5. The van der Waals surface area contributed by atoms with Crippen LogP contribution in [0.4, 0.5) is 13.9 Å². The lowest BCUT2D eigenvalue weighted by Gasteiger charge is -2.06.